The summed E-state index contributed by atoms with van der Waals surface area (Å²) in [5.74, 6) is -0.505. The number of carbonyl (C=O) groups excluding carboxylic acids is 2. The Morgan fingerprint density at radius 2 is 1.28 bits per heavy atom. The lowest BCUT2D eigenvalue weighted by atomic mass is 9.85. The molecular formula is C39H60N2O5. The smallest absolute Gasteiger partial charge is 0.409 e. The molecule has 1 amide bonds. The Bertz CT molecular complexity index is 1060. The van der Waals surface area contributed by atoms with Gasteiger partial charge >= 0.3 is 12.1 Å². The van der Waals surface area contributed by atoms with Crippen molar-refractivity contribution < 1.29 is 23.8 Å². The quantitative estimate of drug-likeness (QED) is 0.0761. The summed E-state index contributed by atoms with van der Waals surface area (Å²) >= 11 is 0. The molecule has 2 aromatic rings. The van der Waals surface area contributed by atoms with Crippen LogP contribution in [0.2, 0.25) is 0 Å². The number of hydrogen-bond acceptors (Lipinski definition) is 6. The van der Waals surface area contributed by atoms with E-state index in [9.17, 15) is 9.59 Å². The number of carbonyl (C=O) groups is 2. The van der Waals surface area contributed by atoms with Crippen LogP contribution in [-0.4, -0.2) is 43.6 Å². The molecule has 0 bridgehead atoms. The van der Waals surface area contributed by atoms with E-state index < -0.39 is 24.5 Å². The van der Waals surface area contributed by atoms with Crippen molar-refractivity contribution in [1.29, 1.82) is 0 Å². The van der Waals surface area contributed by atoms with E-state index in [1.165, 1.54) is 70.6 Å². The molecule has 2 N–H and O–H groups in total. The summed E-state index contributed by atoms with van der Waals surface area (Å²) in [6.07, 6.45) is 18.2. The Morgan fingerprint density at radius 3 is 1.80 bits per heavy atom. The van der Waals surface area contributed by atoms with Crippen molar-refractivity contribution in [3.8, 4) is 0 Å². The highest BCUT2D eigenvalue weighted by atomic mass is 16.7. The third kappa shape index (κ3) is 12.7. The minimum Gasteiger partial charge on any atom is -0.460 e. The number of rotatable bonds is 22. The predicted molar refractivity (Wildman–Crippen MR) is 186 cm³/mol. The minimum absolute atomic E-state index is 0.238. The molecular weight excluding hydrogens is 576 g/mol. The van der Waals surface area contributed by atoms with Crippen molar-refractivity contribution in [2.24, 2.45) is 0 Å². The van der Waals surface area contributed by atoms with Gasteiger partial charge in [0.15, 0.2) is 6.79 Å². The molecule has 3 rings (SSSR count). The molecule has 0 spiro atoms. The first-order valence-corrected chi connectivity index (χ1v) is 18.1. The monoisotopic (exact) mass is 636 g/mol. The van der Waals surface area contributed by atoms with E-state index in [0.29, 0.717) is 17.7 Å². The highest BCUT2D eigenvalue weighted by Crippen LogP contribution is 2.36. The van der Waals surface area contributed by atoms with Crippen molar-refractivity contribution in [2.75, 3.05) is 13.3 Å². The number of esters is 1. The van der Waals surface area contributed by atoms with Crippen LogP contribution in [0.5, 0.6) is 0 Å². The molecule has 1 aliphatic rings. The van der Waals surface area contributed by atoms with Gasteiger partial charge in [-0.15, -0.1) is 0 Å². The van der Waals surface area contributed by atoms with Crippen LogP contribution in [0.15, 0.2) is 60.7 Å². The molecule has 0 aromatic heterocycles. The number of hydrogen-bond donors (Lipinski definition) is 2. The van der Waals surface area contributed by atoms with E-state index in [4.69, 9.17) is 14.2 Å². The van der Waals surface area contributed by atoms with Crippen molar-refractivity contribution in [3.05, 3.63) is 71.8 Å². The normalized spacial score (nSPS) is 18.2. The van der Waals surface area contributed by atoms with Crippen molar-refractivity contribution >= 4 is 12.1 Å². The summed E-state index contributed by atoms with van der Waals surface area (Å²) in [4.78, 5) is 26.8. The Kier molecular flexibility index (Phi) is 17.8. The van der Waals surface area contributed by atoms with Crippen molar-refractivity contribution in [3.63, 3.8) is 0 Å². The molecule has 3 unspecified atom stereocenters. The second-order valence-electron chi connectivity index (χ2n) is 12.9. The lowest BCUT2D eigenvalue weighted by Crippen LogP contribution is -2.49. The summed E-state index contributed by atoms with van der Waals surface area (Å²) < 4.78 is 18.0. The Morgan fingerprint density at radius 1 is 0.761 bits per heavy atom. The third-order valence-electron chi connectivity index (χ3n) is 9.11. The van der Waals surface area contributed by atoms with Crippen LogP contribution in [0, 0.1) is 0 Å². The minimum atomic E-state index is -1.59. The molecule has 2 aromatic carbocycles. The number of piperidine rings is 1. The zero-order chi connectivity index (χ0) is 32.9. The summed E-state index contributed by atoms with van der Waals surface area (Å²) in [7, 11) is 0. The Hall–Kier alpha value is -2.90. The van der Waals surface area contributed by atoms with Crippen LogP contribution >= 0.6 is 0 Å². The van der Waals surface area contributed by atoms with Crippen LogP contribution in [0.1, 0.15) is 135 Å². The molecule has 46 heavy (non-hydrogen) atoms. The fourth-order valence-electron chi connectivity index (χ4n) is 6.49. The summed E-state index contributed by atoms with van der Waals surface area (Å²) in [5.41, 5.74) is -0.347. The van der Waals surface area contributed by atoms with E-state index in [2.05, 4.69) is 31.4 Å². The van der Waals surface area contributed by atoms with E-state index in [0.717, 1.165) is 32.1 Å². The van der Waals surface area contributed by atoms with Crippen LogP contribution in [0.25, 0.3) is 0 Å². The van der Waals surface area contributed by atoms with Crippen molar-refractivity contribution in [2.45, 2.75) is 147 Å². The third-order valence-corrected chi connectivity index (χ3v) is 9.11. The first-order valence-electron chi connectivity index (χ1n) is 18.1. The zero-order valence-electron chi connectivity index (χ0n) is 28.8. The molecule has 1 aliphatic heterocycles. The molecule has 7 nitrogen and oxygen atoms in total. The second kappa shape index (κ2) is 21.8. The highest BCUT2D eigenvalue weighted by Gasteiger charge is 2.47. The molecule has 0 saturated carbocycles. The molecule has 1 saturated heterocycles. The summed E-state index contributed by atoms with van der Waals surface area (Å²) in [5, 5.41) is 6.41. The second-order valence-corrected chi connectivity index (χ2v) is 12.9. The largest absolute Gasteiger partial charge is 0.460 e. The maximum absolute atomic E-state index is 14.2. The molecule has 256 valence electrons. The Labute approximate surface area is 278 Å². The van der Waals surface area contributed by atoms with Crippen molar-refractivity contribution in [1.82, 2.24) is 10.6 Å². The molecule has 7 heteroatoms. The summed E-state index contributed by atoms with van der Waals surface area (Å²) in [6.45, 7) is 6.67. The molecule has 1 heterocycles. The van der Waals surface area contributed by atoms with Gasteiger partial charge in [0.2, 0.25) is 5.60 Å². The highest BCUT2D eigenvalue weighted by molar-refractivity contribution is 5.86. The first-order chi connectivity index (χ1) is 22.5. The fraction of sp³-hybridized carbons (Fsp3) is 0.641. The van der Waals surface area contributed by atoms with Gasteiger partial charge in [-0.1, -0.05) is 152 Å². The molecule has 1 fully saturated rings. The predicted octanol–water partition coefficient (Wildman–Crippen LogP) is 9.18. The van der Waals surface area contributed by atoms with E-state index in [-0.39, 0.29) is 18.2 Å². The van der Waals surface area contributed by atoms with Crippen LogP contribution in [0.3, 0.4) is 0 Å². The molecule has 0 radical (unpaired) electrons. The van der Waals surface area contributed by atoms with Crippen LogP contribution in [0.4, 0.5) is 4.79 Å². The van der Waals surface area contributed by atoms with Crippen LogP contribution in [-0.2, 0) is 24.6 Å². The topological polar surface area (TPSA) is 85.9 Å². The summed E-state index contributed by atoms with van der Waals surface area (Å²) in [6, 6.07) is 19.2. The standard InChI is InChI=1S/C39H60N2O5/c1-4-6-7-8-9-10-11-12-13-14-15-16-23-28-40-38(43)44-31-45-39(33-24-19-17-20-25-33,34-26-21-18-22-27-34)37(42)46-36-29-32(3)41-35(5-2)30-36/h17-22,24-27,32,35-36,41H,4-16,23,28-31H2,1-3H3,(H,40,43). The number of unbranched alkanes of at least 4 members (excludes halogenated alkanes) is 12. The maximum Gasteiger partial charge on any atom is 0.409 e. The maximum atomic E-state index is 14.2. The number of alkyl carbamates (subject to hydrolysis) is 1. The fourth-order valence-corrected chi connectivity index (χ4v) is 6.49. The van der Waals surface area contributed by atoms with Gasteiger partial charge < -0.3 is 24.8 Å². The first kappa shape index (κ1) is 37.6. The zero-order valence-corrected chi connectivity index (χ0v) is 28.8. The molecule has 0 aliphatic carbocycles. The Balaban J connectivity index is 1.48. The van der Waals surface area contributed by atoms with Gasteiger partial charge in [0.05, 0.1) is 0 Å². The molecule has 3 atom stereocenters. The van der Waals surface area contributed by atoms with Gasteiger partial charge in [-0.05, 0) is 43.7 Å². The van der Waals surface area contributed by atoms with Crippen LogP contribution < -0.4 is 10.6 Å². The van der Waals surface area contributed by atoms with Gasteiger partial charge in [0, 0.05) is 18.6 Å². The van der Waals surface area contributed by atoms with E-state index in [1.54, 1.807) is 0 Å². The van der Waals surface area contributed by atoms with Gasteiger partial charge in [-0.3, -0.25) is 0 Å². The average Bonchev–Trinajstić information content (AvgIpc) is 3.07. The number of benzene rings is 2. The van der Waals surface area contributed by atoms with Gasteiger partial charge in [-0.25, -0.2) is 9.59 Å². The lowest BCUT2D eigenvalue weighted by Gasteiger charge is -2.37. The van der Waals surface area contributed by atoms with Gasteiger partial charge in [0.1, 0.15) is 6.10 Å². The average molecular weight is 637 g/mol. The van der Waals surface area contributed by atoms with Gasteiger partial charge in [0.25, 0.3) is 0 Å². The lowest BCUT2D eigenvalue weighted by molar-refractivity contribution is -0.186. The number of amides is 1. The number of nitrogens with one attached hydrogen (secondary N) is 2. The SMILES string of the molecule is CCCCCCCCCCCCCCCNC(=O)OCOC(C(=O)OC1CC(C)NC(CC)C1)(c1ccccc1)c1ccccc1. The van der Waals surface area contributed by atoms with E-state index >= 15 is 0 Å². The number of ether oxygens (including phenoxy) is 3. The van der Waals surface area contributed by atoms with E-state index in [1.807, 2.05) is 60.7 Å². The van der Waals surface area contributed by atoms with Gasteiger partial charge in [-0.2, -0.15) is 0 Å².